The minimum atomic E-state index is -0.782. The van der Waals surface area contributed by atoms with Gasteiger partial charge in [-0.15, -0.1) is 0 Å². The van der Waals surface area contributed by atoms with Crippen LogP contribution in [0.25, 0.3) is 0 Å². The Morgan fingerprint density at radius 2 is 1.18 bits per heavy atom. The summed E-state index contributed by atoms with van der Waals surface area (Å²) in [4.78, 5) is 0. The van der Waals surface area contributed by atoms with Crippen LogP contribution in [0.4, 0.5) is 0 Å². The van der Waals surface area contributed by atoms with Crippen molar-refractivity contribution in [2.24, 2.45) is 0 Å². The Morgan fingerprint density at radius 1 is 0.667 bits per heavy atom. The molecule has 0 spiro atoms. The van der Waals surface area contributed by atoms with Gasteiger partial charge in [-0.25, -0.2) is 0 Å². The molecule has 1 saturated heterocycles. The normalized spacial score (nSPS) is 21.6. The maximum absolute atomic E-state index is 11.5. The zero-order chi connectivity index (χ0) is 26.7. The molecular formula is C33H34O5Se. The van der Waals surface area contributed by atoms with E-state index in [0.29, 0.717) is 26.4 Å². The second-order valence-corrected chi connectivity index (χ2v) is 11.9. The van der Waals surface area contributed by atoms with Gasteiger partial charge in [-0.1, -0.05) is 0 Å². The summed E-state index contributed by atoms with van der Waals surface area (Å²) in [6.45, 7) is 1.57. The first-order valence-corrected chi connectivity index (χ1v) is 15.1. The zero-order valence-electron chi connectivity index (χ0n) is 21.8. The van der Waals surface area contributed by atoms with Crippen molar-refractivity contribution in [3.8, 4) is 0 Å². The van der Waals surface area contributed by atoms with Crippen molar-refractivity contribution in [1.82, 2.24) is 0 Å². The Labute approximate surface area is 236 Å². The van der Waals surface area contributed by atoms with E-state index in [1.807, 2.05) is 109 Å². The second kappa shape index (κ2) is 14.5. The van der Waals surface area contributed by atoms with Crippen molar-refractivity contribution in [1.29, 1.82) is 0 Å². The van der Waals surface area contributed by atoms with Gasteiger partial charge in [0.15, 0.2) is 0 Å². The van der Waals surface area contributed by atoms with Crippen LogP contribution in [0, 0.1) is 0 Å². The molecule has 1 aliphatic heterocycles. The molecule has 0 bridgehead atoms. The molecule has 4 aromatic rings. The monoisotopic (exact) mass is 590 g/mol. The summed E-state index contributed by atoms with van der Waals surface area (Å²) >= 11 is -0.0986. The fraction of sp³-hybridized carbons (Fsp3) is 0.273. The van der Waals surface area contributed by atoms with Gasteiger partial charge in [-0.2, -0.15) is 0 Å². The minimum absolute atomic E-state index is 0.0986. The molecule has 4 aromatic carbocycles. The van der Waals surface area contributed by atoms with Gasteiger partial charge in [0, 0.05) is 0 Å². The summed E-state index contributed by atoms with van der Waals surface area (Å²) in [5.74, 6) is 0. The van der Waals surface area contributed by atoms with Gasteiger partial charge < -0.3 is 0 Å². The molecule has 0 radical (unpaired) electrons. The van der Waals surface area contributed by atoms with Crippen LogP contribution in [-0.4, -0.2) is 56.1 Å². The van der Waals surface area contributed by atoms with Crippen LogP contribution in [0.3, 0.4) is 0 Å². The van der Waals surface area contributed by atoms with Crippen LogP contribution in [0.2, 0.25) is 0 Å². The summed E-state index contributed by atoms with van der Waals surface area (Å²) in [6.07, 6.45) is -2.25. The Kier molecular flexibility index (Phi) is 10.4. The van der Waals surface area contributed by atoms with Crippen molar-refractivity contribution in [2.45, 2.75) is 49.2 Å². The van der Waals surface area contributed by atoms with Crippen LogP contribution >= 0.6 is 0 Å². The van der Waals surface area contributed by atoms with E-state index in [9.17, 15) is 5.11 Å². The van der Waals surface area contributed by atoms with E-state index in [-0.39, 0.29) is 20.0 Å². The van der Waals surface area contributed by atoms with E-state index >= 15 is 0 Å². The fourth-order valence-corrected chi connectivity index (χ4v) is 6.76. The van der Waals surface area contributed by atoms with Crippen molar-refractivity contribution in [2.75, 3.05) is 6.61 Å². The van der Waals surface area contributed by atoms with Crippen LogP contribution in [0.15, 0.2) is 121 Å². The number of aliphatic hydroxyl groups excluding tert-OH is 1. The van der Waals surface area contributed by atoms with Crippen molar-refractivity contribution in [3.63, 3.8) is 0 Å². The average molecular weight is 590 g/mol. The first kappa shape index (κ1) is 27.8. The predicted molar refractivity (Wildman–Crippen MR) is 153 cm³/mol. The summed E-state index contributed by atoms with van der Waals surface area (Å²) in [5, 5.41) is 11.1. The van der Waals surface area contributed by atoms with Gasteiger partial charge in [-0.3, -0.25) is 0 Å². The first-order valence-electron chi connectivity index (χ1n) is 13.2. The molecule has 6 heteroatoms. The van der Waals surface area contributed by atoms with Gasteiger partial charge in [0.05, 0.1) is 0 Å². The molecule has 1 aliphatic rings. The summed E-state index contributed by atoms with van der Waals surface area (Å²) in [7, 11) is 0. The maximum atomic E-state index is 11.5. The Hall–Kier alpha value is -2.80. The molecule has 5 rings (SSSR count). The third-order valence-corrected chi connectivity index (χ3v) is 9.03. The molecule has 0 amide bonds. The third kappa shape index (κ3) is 8.10. The van der Waals surface area contributed by atoms with E-state index in [1.165, 1.54) is 4.46 Å². The molecule has 5 nitrogen and oxygen atoms in total. The topological polar surface area (TPSA) is 57.2 Å². The molecular weight excluding hydrogens is 555 g/mol. The third-order valence-electron chi connectivity index (χ3n) is 6.58. The number of aliphatic hydroxyl groups is 1. The second-order valence-electron chi connectivity index (χ2n) is 9.49. The van der Waals surface area contributed by atoms with E-state index in [4.69, 9.17) is 18.9 Å². The Balaban J connectivity index is 1.34. The van der Waals surface area contributed by atoms with Crippen LogP contribution in [0.1, 0.15) is 16.7 Å². The molecule has 0 aliphatic carbocycles. The van der Waals surface area contributed by atoms with Crippen molar-refractivity contribution >= 4 is 19.4 Å². The number of rotatable bonds is 13. The Morgan fingerprint density at radius 3 is 1.77 bits per heavy atom. The number of ether oxygens (including phenoxy) is 4. The fourth-order valence-electron chi connectivity index (χ4n) is 4.53. The number of hydrogen-bond donors (Lipinski definition) is 1. The molecule has 0 unspecified atom stereocenters. The van der Waals surface area contributed by atoms with Crippen LogP contribution in [-0.2, 0) is 38.8 Å². The molecule has 1 N–H and O–H groups in total. The van der Waals surface area contributed by atoms with Gasteiger partial charge in [0.1, 0.15) is 0 Å². The SMILES string of the molecule is O[C@@H]1[C@@H](OCc2ccccc2)[C@@H]([C@H](COCc2ccccc2)OCc2ccccc2)O[C@H]1[Se]c1ccccc1. The average Bonchev–Trinajstić information content (AvgIpc) is 3.30. The van der Waals surface area contributed by atoms with Crippen molar-refractivity contribution in [3.05, 3.63) is 138 Å². The number of hydrogen-bond acceptors (Lipinski definition) is 5. The molecule has 39 heavy (non-hydrogen) atoms. The van der Waals surface area contributed by atoms with E-state index in [2.05, 4.69) is 12.1 Å². The molecule has 202 valence electrons. The summed E-state index contributed by atoms with van der Waals surface area (Å²) in [6, 6.07) is 40.3. The molecule has 0 aromatic heterocycles. The van der Waals surface area contributed by atoms with Crippen LogP contribution < -0.4 is 4.46 Å². The summed E-state index contributed by atoms with van der Waals surface area (Å²) < 4.78 is 26.7. The molecule has 1 heterocycles. The Bertz CT molecular complexity index is 1230. The standard InChI is InChI=1S/C33H34O5Se/c34-30-32(37-23-27-17-9-3-10-18-27)31(38-33(30)39-28-19-11-4-12-20-28)29(36-22-26-15-7-2-8-16-26)24-35-21-25-13-5-1-6-14-25/h1-20,29-34H,21-24H2/t29-,30+,31+,32+,33-/m0/s1. The van der Waals surface area contributed by atoms with Gasteiger partial charge in [-0.05, 0) is 0 Å². The van der Waals surface area contributed by atoms with E-state index < -0.39 is 24.4 Å². The summed E-state index contributed by atoms with van der Waals surface area (Å²) in [5.41, 5.74) is 3.20. The molecule has 1 fully saturated rings. The number of benzene rings is 4. The predicted octanol–water partition coefficient (Wildman–Crippen LogP) is 4.49. The quantitative estimate of drug-likeness (QED) is 0.233. The zero-order valence-corrected chi connectivity index (χ0v) is 23.5. The van der Waals surface area contributed by atoms with Gasteiger partial charge >= 0.3 is 237 Å². The molecule has 0 saturated carbocycles. The molecule has 5 atom stereocenters. The van der Waals surface area contributed by atoms with E-state index in [1.54, 1.807) is 0 Å². The van der Waals surface area contributed by atoms with E-state index in [0.717, 1.165) is 16.7 Å². The van der Waals surface area contributed by atoms with Crippen molar-refractivity contribution < 1.29 is 24.1 Å². The van der Waals surface area contributed by atoms with Gasteiger partial charge in [0.2, 0.25) is 0 Å². The van der Waals surface area contributed by atoms with Crippen LogP contribution in [0.5, 0.6) is 0 Å². The first-order chi connectivity index (χ1) is 19.3. The van der Waals surface area contributed by atoms with Gasteiger partial charge in [0.25, 0.3) is 0 Å².